The lowest BCUT2D eigenvalue weighted by atomic mass is 10.1. The van der Waals surface area contributed by atoms with Crippen molar-refractivity contribution >= 4 is 23.0 Å². The van der Waals surface area contributed by atoms with E-state index in [2.05, 4.69) is 41.4 Å². The molecule has 0 bridgehead atoms. The van der Waals surface area contributed by atoms with Crippen molar-refractivity contribution in [1.82, 2.24) is 5.32 Å². The molecule has 0 saturated heterocycles. The number of rotatable bonds is 2. The molecule has 0 radical (unpaired) electrons. The van der Waals surface area contributed by atoms with Crippen LogP contribution < -0.4 is 19.7 Å². The van der Waals surface area contributed by atoms with Crippen LogP contribution in [0.5, 0.6) is 11.5 Å². The molecular weight excluding hydrogens is 308 g/mol. The Morgan fingerprint density at radius 3 is 2.96 bits per heavy atom. The highest BCUT2D eigenvalue weighted by molar-refractivity contribution is 7.80. The fraction of sp³-hybridized carbons (Fsp3) is 0.278. The van der Waals surface area contributed by atoms with E-state index >= 15 is 0 Å². The van der Waals surface area contributed by atoms with Crippen molar-refractivity contribution in [2.75, 3.05) is 11.7 Å². The normalized spacial score (nSPS) is 18.0. The molecule has 0 fully saturated rings. The molecule has 4 nitrogen and oxygen atoms in total. The maximum absolute atomic E-state index is 5.62. The second kappa shape index (κ2) is 5.74. The zero-order valence-electron chi connectivity index (χ0n) is 12.9. The van der Waals surface area contributed by atoms with E-state index in [0.717, 1.165) is 28.6 Å². The lowest BCUT2D eigenvalue weighted by molar-refractivity contribution is 0.174. The van der Waals surface area contributed by atoms with E-state index in [1.807, 2.05) is 18.2 Å². The van der Waals surface area contributed by atoms with Gasteiger partial charge < -0.3 is 19.7 Å². The van der Waals surface area contributed by atoms with E-state index < -0.39 is 0 Å². The van der Waals surface area contributed by atoms with Gasteiger partial charge in [0.2, 0.25) is 6.79 Å². The van der Waals surface area contributed by atoms with Gasteiger partial charge in [-0.2, -0.15) is 0 Å². The second-order valence-electron chi connectivity index (χ2n) is 5.90. The molecule has 4 rings (SSSR count). The third-order valence-corrected chi connectivity index (χ3v) is 4.65. The number of ether oxygens (including phenoxy) is 2. The molecule has 5 heteroatoms. The Hall–Kier alpha value is -2.27. The second-order valence-corrected chi connectivity index (χ2v) is 6.28. The lowest BCUT2D eigenvalue weighted by Gasteiger charge is -2.26. The van der Waals surface area contributed by atoms with E-state index in [1.165, 1.54) is 11.3 Å². The average molecular weight is 326 g/mol. The minimum Gasteiger partial charge on any atom is -0.454 e. The van der Waals surface area contributed by atoms with Crippen molar-refractivity contribution in [1.29, 1.82) is 0 Å². The van der Waals surface area contributed by atoms with Crippen molar-refractivity contribution in [2.24, 2.45) is 0 Å². The van der Waals surface area contributed by atoms with Crippen LogP contribution >= 0.6 is 12.2 Å². The van der Waals surface area contributed by atoms with Gasteiger partial charge >= 0.3 is 0 Å². The summed E-state index contributed by atoms with van der Waals surface area (Å²) in [7, 11) is 0. The van der Waals surface area contributed by atoms with Crippen LogP contribution in [-0.2, 0) is 13.0 Å². The highest BCUT2D eigenvalue weighted by atomic mass is 32.1. The Morgan fingerprint density at radius 1 is 1.22 bits per heavy atom. The zero-order chi connectivity index (χ0) is 15.8. The van der Waals surface area contributed by atoms with Crippen molar-refractivity contribution in [3.63, 3.8) is 0 Å². The number of fused-ring (bicyclic) bond motifs is 2. The molecule has 0 aromatic heterocycles. The Bertz CT molecular complexity index is 762. The quantitative estimate of drug-likeness (QED) is 0.857. The fourth-order valence-electron chi connectivity index (χ4n) is 3.19. The van der Waals surface area contributed by atoms with Gasteiger partial charge in [0, 0.05) is 18.3 Å². The van der Waals surface area contributed by atoms with Gasteiger partial charge in [-0.25, -0.2) is 0 Å². The molecule has 118 valence electrons. The average Bonchev–Trinajstić information content (AvgIpc) is 3.15. The van der Waals surface area contributed by atoms with Crippen LogP contribution in [0.1, 0.15) is 18.1 Å². The minimum absolute atomic E-state index is 0.298. The van der Waals surface area contributed by atoms with Crippen LogP contribution in [0.3, 0.4) is 0 Å². The molecule has 2 aromatic rings. The predicted molar refractivity (Wildman–Crippen MR) is 94.1 cm³/mol. The first-order valence-electron chi connectivity index (χ1n) is 7.76. The highest BCUT2D eigenvalue weighted by Gasteiger charge is 2.28. The van der Waals surface area contributed by atoms with Crippen molar-refractivity contribution < 1.29 is 9.47 Å². The first-order valence-corrected chi connectivity index (χ1v) is 8.17. The molecule has 0 amide bonds. The number of thiocarbonyl (C=S) groups is 1. The standard InChI is InChI=1S/C18H18N2O2S/c1-12-8-14-4-2-3-5-15(14)20(12)18(23)19-10-13-6-7-16-17(9-13)22-11-21-16/h2-7,9,12H,8,10-11H2,1H3,(H,19,23)/t12-/m1/s1. The first-order chi connectivity index (χ1) is 11.2. The molecule has 2 aliphatic heterocycles. The van der Waals surface area contributed by atoms with Crippen molar-refractivity contribution in [3.05, 3.63) is 53.6 Å². The summed E-state index contributed by atoms with van der Waals surface area (Å²) >= 11 is 5.62. The van der Waals surface area contributed by atoms with Crippen LogP contribution in [0.2, 0.25) is 0 Å². The van der Waals surface area contributed by atoms with E-state index in [-0.39, 0.29) is 0 Å². The van der Waals surface area contributed by atoms with Crippen LogP contribution in [0.4, 0.5) is 5.69 Å². The third-order valence-electron chi connectivity index (χ3n) is 4.31. The van der Waals surface area contributed by atoms with E-state index in [4.69, 9.17) is 21.7 Å². The molecule has 2 heterocycles. The first kappa shape index (κ1) is 14.3. The SMILES string of the molecule is C[C@@H]1Cc2ccccc2N1C(=S)NCc1ccc2c(c1)OCO2. The number of benzene rings is 2. The van der Waals surface area contributed by atoms with Crippen molar-refractivity contribution in [3.8, 4) is 11.5 Å². The molecule has 2 aliphatic rings. The van der Waals surface area contributed by atoms with Gasteiger partial charge in [-0.1, -0.05) is 24.3 Å². The molecule has 0 unspecified atom stereocenters. The molecule has 0 saturated carbocycles. The lowest BCUT2D eigenvalue weighted by Crippen LogP contribution is -2.42. The number of para-hydroxylation sites is 1. The fourth-order valence-corrected chi connectivity index (χ4v) is 3.54. The van der Waals surface area contributed by atoms with Gasteiger partial charge in [-0.3, -0.25) is 0 Å². The Morgan fingerprint density at radius 2 is 2.04 bits per heavy atom. The maximum atomic E-state index is 5.62. The van der Waals surface area contributed by atoms with Gasteiger partial charge in [0.15, 0.2) is 16.6 Å². The number of anilines is 1. The zero-order valence-corrected chi connectivity index (χ0v) is 13.7. The van der Waals surface area contributed by atoms with Crippen LogP contribution in [0.15, 0.2) is 42.5 Å². The molecule has 23 heavy (non-hydrogen) atoms. The summed E-state index contributed by atoms with van der Waals surface area (Å²) in [5.74, 6) is 1.61. The molecule has 1 N–H and O–H groups in total. The number of hydrogen-bond acceptors (Lipinski definition) is 3. The predicted octanol–water partition coefficient (Wildman–Crippen LogP) is 3.24. The van der Waals surface area contributed by atoms with Crippen LogP contribution in [0, 0.1) is 0 Å². The summed E-state index contributed by atoms with van der Waals surface area (Å²) in [4.78, 5) is 2.21. The Balaban J connectivity index is 1.46. The van der Waals surface area contributed by atoms with Crippen LogP contribution in [-0.4, -0.2) is 17.9 Å². The van der Waals surface area contributed by atoms with E-state index in [1.54, 1.807) is 0 Å². The summed E-state index contributed by atoms with van der Waals surface area (Å²) in [5.41, 5.74) is 3.69. The molecular formula is C18H18N2O2S. The molecule has 1 atom stereocenters. The molecule has 0 spiro atoms. The van der Waals surface area contributed by atoms with Gasteiger partial charge in [0.1, 0.15) is 0 Å². The van der Waals surface area contributed by atoms with E-state index in [0.29, 0.717) is 19.4 Å². The minimum atomic E-state index is 0.298. The van der Waals surface area contributed by atoms with Crippen LogP contribution in [0.25, 0.3) is 0 Å². The smallest absolute Gasteiger partial charge is 0.231 e. The maximum Gasteiger partial charge on any atom is 0.231 e. The van der Waals surface area contributed by atoms with Gasteiger partial charge in [0.05, 0.1) is 0 Å². The monoisotopic (exact) mass is 326 g/mol. The Kier molecular flexibility index (Phi) is 3.58. The van der Waals surface area contributed by atoms with Crippen molar-refractivity contribution in [2.45, 2.75) is 25.9 Å². The van der Waals surface area contributed by atoms with Gasteiger partial charge in [-0.15, -0.1) is 0 Å². The summed E-state index contributed by atoms with van der Waals surface area (Å²) < 4.78 is 10.8. The summed E-state index contributed by atoms with van der Waals surface area (Å²) in [6.07, 6.45) is 1.03. The highest BCUT2D eigenvalue weighted by Crippen LogP contribution is 2.33. The topological polar surface area (TPSA) is 33.7 Å². The number of hydrogen-bond donors (Lipinski definition) is 1. The summed E-state index contributed by atoms with van der Waals surface area (Å²) in [6, 6.07) is 14.8. The number of nitrogens with one attached hydrogen (secondary N) is 1. The molecule has 2 aromatic carbocycles. The van der Waals surface area contributed by atoms with Gasteiger partial charge in [-0.05, 0) is 54.9 Å². The number of nitrogens with zero attached hydrogens (tertiary/aromatic N) is 1. The van der Waals surface area contributed by atoms with Gasteiger partial charge in [0.25, 0.3) is 0 Å². The summed E-state index contributed by atoms with van der Waals surface area (Å²) in [6.45, 7) is 3.17. The van der Waals surface area contributed by atoms with E-state index in [9.17, 15) is 0 Å². The summed E-state index contributed by atoms with van der Waals surface area (Å²) in [5, 5.41) is 4.13. The Labute approximate surface area is 141 Å². The largest absolute Gasteiger partial charge is 0.454 e. The molecule has 0 aliphatic carbocycles. The third kappa shape index (κ3) is 2.61.